The summed E-state index contributed by atoms with van der Waals surface area (Å²) in [7, 11) is 1.43. The lowest BCUT2D eigenvalue weighted by molar-refractivity contribution is -0.130. The monoisotopic (exact) mass is 238 g/mol. The standard InChI is InChI=1S/C13H15FO3/c1-16-12-4-2-3-9(13(12)14)7-10-8-17-6-5-11(10)15/h2-4,10H,5-8H2,1H3. The SMILES string of the molecule is COc1cccc(CC2COCCC2=O)c1F. The Morgan fingerprint density at radius 2 is 2.35 bits per heavy atom. The molecule has 0 radical (unpaired) electrons. The maximum Gasteiger partial charge on any atom is 0.168 e. The third-order valence-corrected chi connectivity index (χ3v) is 3.00. The zero-order chi connectivity index (χ0) is 12.3. The van der Waals surface area contributed by atoms with Crippen molar-refractivity contribution < 1.29 is 18.7 Å². The predicted molar refractivity (Wildman–Crippen MR) is 60.6 cm³/mol. The predicted octanol–water partition coefficient (Wildman–Crippen LogP) is 1.98. The quantitative estimate of drug-likeness (QED) is 0.807. The number of carbonyl (C=O) groups is 1. The Bertz CT molecular complexity index is 417. The number of hydrogen-bond donors (Lipinski definition) is 0. The Balaban J connectivity index is 2.15. The molecule has 3 nitrogen and oxygen atoms in total. The molecule has 1 unspecified atom stereocenters. The molecule has 1 aliphatic rings. The molecule has 0 bridgehead atoms. The van der Waals surface area contributed by atoms with E-state index in [4.69, 9.17) is 9.47 Å². The Kier molecular flexibility index (Phi) is 3.74. The van der Waals surface area contributed by atoms with Crippen molar-refractivity contribution in [1.29, 1.82) is 0 Å². The number of ketones is 1. The molecule has 1 fully saturated rings. The molecular weight excluding hydrogens is 223 g/mol. The van der Waals surface area contributed by atoms with Crippen molar-refractivity contribution in [1.82, 2.24) is 0 Å². The van der Waals surface area contributed by atoms with E-state index in [0.717, 1.165) is 0 Å². The Morgan fingerprint density at radius 1 is 1.53 bits per heavy atom. The first-order chi connectivity index (χ1) is 8.22. The van der Waals surface area contributed by atoms with E-state index >= 15 is 0 Å². The van der Waals surface area contributed by atoms with Crippen LogP contribution in [0.2, 0.25) is 0 Å². The summed E-state index contributed by atoms with van der Waals surface area (Å²) in [4.78, 5) is 11.6. The first-order valence-electron chi connectivity index (χ1n) is 5.64. The van der Waals surface area contributed by atoms with Gasteiger partial charge in [-0.3, -0.25) is 4.79 Å². The first-order valence-corrected chi connectivity index (χ1v) is 5.64. The molecule has 17 heavy (non-hydrogen) atoms. The zero-order valence-corrected chi connectivity index (χ0v) is 9.74. The molecule has 1 aliphatic heterocycles. The molecule has 1 heterocycles. The number of hydrogen-bond acceptors (Lipinski definition) is 3. The van der Waals surface area contributed by atoms with Gasteiger partial charge in [0.15, 0.2) is 11.6 Å². The smallest absolute Gasteiger partial charge is 0.168 e. The van der Waals surface area contributed by atoms with Crippen molar-refractivity contribution in [2.45, 2.75) is 12.8 Å². The summed E-state index contributed by atoms with van der Waals surface area (Å²) < 4.78 is 24.0. The lowest BCUT2D eigenvalue weighted by Crippen LogP contribution is -2.29. The van der Waals surface area contributed by atoms with Crippen LogP contribution in [0.4, 0.5) is 4.39 Å². The molecule has 4 heteroatoms. The zero-order valence-electron chi connectivity index (χ0n) is 9.74. The van der Waals surface area contributed by atoms with Gasteiger partial charge in [-0.2, -0.15) is 0 Å². The molecule has 0 spiro atoms. The number of Topliss-reactive ketones (excluding diaryl/α,β-unsaturated/α-hetero) is 1. The van der Waals surface area contributed by atoms with E-state index in [1.807, 2.05) is 0 Å². The number of rotatable bonds is 3. The van der Waals surface area contributed by atoms with Gasteiger partial charge in [0.05, 0.1) is 20.3 Å². The van der Waals surface area contributed by atoms with Crippen molar-refractivity contribution in [3.8, 4) is 5.75 Å². The van der Waals surface area contributed by atoms with Crippen molar-refractivity contribution in [2.24, 2.45) is 5.92 Å². The van der Waals surface area contributed by atoms with Crippen molar-refractivity contribution in [3.05, 3.63) is 29.6 Å². The fraction of sp³-hybridized carbons (Fsp3) is 0.462. The van der Waals surface area contributed by atoms with Crippen LogP contribution in [-0.2, 0) is 16.0 Å². The van der Waals surface area contributed by atoms with Gasteiger partial charge in [0.1, 0.15) is 5.78 Å². The fourth-order valence-corrected chi connectivity index (χ4v) is 2.01. The molecule has 2 rings (SSSR count). The summed E-state index contributed by atoms with van der Waals surface area (Å²) in [5.74, 6) is -0.246. The van der Waals surface area contributed by atoms with Crippen LogP contribution in [0.3, 0.4) is 0 Å². The van der Waals surface area contributed by atoms with Gasteiger partial charge in [0.25, 0.3) is 0 Å². The number of benzene rings is 1. The number of methoxy groups -OCH3 is 1. The fourth-order valence-electron chi connectivity index (χ4n) is 2.01. The average Bonchev–Trinajstić information content (AvgIpc) is 2.34. The van der Waals surface area contributed by atoms with E-state index in [1.165, 1.54) is 7.11 Å². The van der Waals surface area contributed by atoms with Crippen LogP contribution in [0.1, 0.15) is 12.0 Å². The van der Waals surface area contributed by atoms with E-state index in [1.54, 1.807) is 18.2 Å². The molecule has 0 N–H and O–H groups in total. The number of carbonyl (C=O) groups excluding carboxylic acids is 1. The van der Waals surface area contributed by atoms with Crippen molar-refractivity contribution in [3.63, 3.8) is 0 Å². The van der Waals surface area contributed by atoms with Crippen LogP contribution >= 0.6 is 0 Å². The Labute approximate surface area is 99.5 Å². The highest BCUT2D eigenvalue weighted by atomic mass is 19.1. The third kappa shape index (κ3) is 2.64. The molecule has 0 aliphatic carbocycles. The van der Waals surface area contributed by atoms with Crippen LogP contribution < -0.4 is 4.74 Å². The van der Waals surface area contributed by atoms with E-state index < -0.39 is 0 Å². The molecule has 1 atom stereocenters. The van der Waals surface area contributed by atoms with Crippen molar-refractivity contribution in [2.75, 3.05) is 20.3 Å². The van der Waals surface area contributed by atoms with Gasteiger partial charge in [-0.05, 0) is 18.1 Å². The van der Waals surface area contributed by atoms with Crippen LogP contribution in [0.25, 0.3) is 0 Å². The van der Waals surface area contributed by atoms with E-state index in [0.29, 0.717) is 31.6 Å². The van der Waals surface area contributed by atoms with E-state index in [9.17, 15) is 9.18 Å². The van der Waals surface area contributed by atoms with Crippen molar-refractivity contribution >= 4 is 5.78 Å². The molecule has 0 saturated carbocycles. The third-order valence-electron chi connectivity index (χ3n) is 3.00. The topological polar surface area (TPSA) is 35.5 Å². The summed E-state index contributed by atoms with van der Waals surface area (Å²) in [6.07, 6.45) is 0.804. The minimum atomic E-state index is -0.381. The lowest BCUT2D eigenvalue weighted by atomic mass is 9.92. The first kappa shape index (κ1) is 12.0. The minimum absolute atomic E-state index is 0.151. The summed E-state index contributed by atoms with van der Waals surface area (Å²) in [5, 5.41) is 0. The van der Waals surface area contributed by atoms with Gasteiger partial charge in [-0.25, -0.2) is 4.39 Å². The van der Waals surface area contributed by atoms with Crippen LogP contribution in [0.15, 0.2) is 18.2 Å². The van der Waals surface area contributed by atoms with Crippen LogP contribution in [0, 0.1) is 11.7 Å². The summed E-state index contributed by atoms with van der Waals surface area (Å²) in [6.45, 7) is 0.866. The van der Waals surface area contributed by atoms with Gasteiger partial charge >= 0.3 is 0 Å². The average molecular weight is 238 g/mol. The minimum Gasteiger partial charge on any atom is -0.494 e. The largest absolute Gasteiger partial charge is 0.494 e. The van der Waals surface area contributed by atoms with E-state index in [-0.39, 0.29) is 23.3 Å². The highest BCUT2D eigenvalue weighted by Crippen LogP contribution is 2.24. The Hall–Kier alpha value is -1.42. The van der Waals surface area contributed by atoms with Crippen LogP contribution in [-0.4, -0.2) is 26.1 Å². The molecule has 0 aromatic heterocycles. The second kappa shape index (κ2) is 5.27. The summed E-state index contributed by atoms with van der Waals surface area (Å²) in [6, 6.07) is 4.98. The second-order valence-corrected chi connectivity index (χ2v) is 4.13. The molecule has 0 amide bonds. The lowest BCUT2D eigenvalue weighted by Gasteiger charge is -2.21. The highest BCUT2D eigenvalue weighted by Gasteiger charge is 2.24. The molecule has 1 saturated heterocycles. The summed E-state index contributed by atoms with van der Waals surface area (Å²) in [5.41, 5.74) is 0.508. The maximum absolute atomic E-state index is 13.9. The maximum atomic E-state index is 13.9. The second-order valence-electron chi connectivity index (χ2n) is 4.13. The summed E-state index contributed by atoms with van der Waals surface area (Å²) >= 11 is 0. The molecule has 92 valence electrons. The van der Waals surface area contributed by atoms with Gasteiger partial charge in [-0.1, -0.05) is 12.1 Å². The molecule has 1 aromatic rings. The molecular formula is C13H15FO3. The number of halogens is 1. The van der Waals surface area contributed by atoms with Gasteiger partial charge in [0.2, 0.25) is 0 Å². The van der Waals surface area contributed by atoms with Gasteiger partial charge in [-0.15, -0.1) is 0 Å². The molecule has 1 aromatic carbocycles. The normalized spacial score (nSPS) is 20.4. The highest BCUT2D eigenvalue weighted by molar-refractivity contribution is 5.82. The van der Waals surface area contributed by atoms with Gasteiger partial charge in [0, 0.05) is 12.3 Å². The van der Waals surface area contributed by atoms with Crippen LogP contribution in [0.5, 0.6) is 5.75 Å². The number of ether oxygens (including phenoxy) is 2. The van der Waals surface area contributed by atoms with Gasteiger partial charge < -0.3 is 9.47 Å². The Morgan fingerprint density at radius 3 is 3.06 bits per heavy atom. The van der Waals surface area contributed by atoms with E-state index in [2.05, 4.69) is 0 Å².